The Morgan fingerprint density at radius 1 is 1.43 bits per heavy atom. The van der Waals surface area contributed by atoms with Gasteiger partial charge in [0, 0.05) is 12.7 Å². The van der Waals surface area contributed by atoms with E-state index in [4.69, 9.17) is 0 Å². The Morgan fingerprint density at radius 2 is 2.10 bits per heavy atom. The summed E-state index contributed by atoms with van der Waals surface area (Å²) in [6.07, 6.45) is 1.72. The summed E-state index contributed by atoms with van der Waals surface area (Å²) in [6, 6.07) is 3.60. The van der Waals surface area contributed by atoms with Crippen LogP contribution in [0.25, 0.3) is 0 Å². The number of halogens is 1. The Labute approximate surface area is 120 Å². The molecule has 6 nitrogen and oxygen atoms in total. The molecule has 2 amide bonds. The number of hydrogen-bond acceptors (Lipinski definition) is 3. The molecular formula is C14H15FN2O4. The molecule has 1 aliphatic rings. The zero-order valence-corrected chi connectivity index (χ0v) is 11.4. The highest BCUT2D eigenvalue weighted by Gasteiger charge is 2.50. The molecule has 0 heterocycles. The predicted molar refractivity (Wildman–Crippen MR) is 72.6 cm³/mol. The van der Waals surface area contributed by atoms with E-state index >= 15 is 0 Å². The van der Waals surface area contributed by atoms with Crippen LogP contribution in [0.1, 0.15) is 29.6 Å². The molecule has 2 rings (SSSR count). The maximum atomic E-state index is 13.9. The molecule has 0 aliphatic heterocycles. The van der Waals surface area contributed by atoms with Gasteiger partial charge in [-0.15, -0.1) is 0 Å². The molecule has 0 bridgehead atoms. The highest BCUT2D eigenvalue weighted by atomic mass is 19.1. The monoisotopic (exact) mass is 294 g/mol. The highest BCUT2D eigenvalue weighted by molar-refractivity contribution is 5.96. The molecule has 1 aliphatic carbocycles. The Hall–Kier alpha value is -2.44. The first-order valence-electron chi connectivity index (χ1n) is 6.46. The number of carboxylic acid groups (broad SMARTS) is 1. The summed E-state index contributed by atoms with van der Waals surface area (Å²) in [5.41, 5.74) is -1.36. The van der Waals surface area contributed by atoms with Gasteiger partial charge in [-0.05, 0) is 37.5 Å². The van der Waals surface area contributed by atoms with Crippen molar-refractivity contribution >= 4 is 24.0 Å². The van der Waals surface area contributed by atoms with Gasteiger partial charge in [0.2, 0.25) is 6.41 Å². The van der Waals surface area contributed by atoms with Gasteiger partial charge >= 0.3 is 5.97 Å². The number of nitrogens with one attached hydrogen (secondary N) is 1. The van der Waals surface area contributed by atoms with E-state index in [9.17, 15) is 23.9 Å². The van der Waals surface area contributed by atoms with Gasteiger partial charge in [0.05, 0.1) is 5.56 Å². The molecular weight excluding hydrogens is 279 g/mol. The van der Waals surface area contributed by atoms with Crippen LogP contribution in [0.4, 0.5) is 10.1 Å². The average molecular weight is 294 g/mol. The van der Waals surface area contributed by atoms with E-state index in [1.807, 2.05) is 0 Å². The number of hydrogen-bond donors (Lipinski definition) is 2. The maximum Gasteiger partial charge on any atom is 0.329 e. The van der Waals surface area contributed by atoms with Crippen molar-refractivity contribution in [2.24, 2.45) is 0 Å². The third-order valence-corrected chi connectivity index (χ3v) is 3.85. The van der Waals surface area contributed by atoms with Crippen LogP contribution >= 0.6 is 0 Å². The number of amides is 2. The first-order chi connectivity index (χ1) is 9.96. The van der Waals surface area contributed by atoms with E-state index in [0.29, 0.717) is 25.7 Å². The van der Waals surface area contributed by atoms with Crippen LogP contribution in [-0.4, -0.2) is 36.0 Å². The van der Waals surface area contributed by atoms with Crippen molar-refractivity contribution in [3.8, 4) is 0 Å². The van der Waals surface area contributed by atoms with Gasteiger partial charge in [0.15, 0.2) is 0 Å². The number of anilines is 1. The minimum absolute atomic E-state index is 0.122. The van der Waals surface area contributed by atoms with E-state index < -0.39 is 23.2 Å². The van der Waals surface area contributed by atoms with Gasteiger partial charge in [-0.3, -0.25) is 14.5 Å². The smallest absolute Gasteiger partial charge is 0.329 e. The number of nitrogens with zero attached hydrogens (tertiary/aromatic N) is 1. The van der Waals surface area contributed by atoms with Crippen LogP contribution in [0.5, 0.6) is 0 Å². The standard InChI is InChI=1S/C14H15FN2O4/c1-16-12(19)10-4-3-9(7-11(10)15)17(8-18)14(13(20)21)5-2-6-14/h3-4,7-8H,2,5-6H2,1H3,(H,16,19)(H,20,21). The van der Waals surface area contributed by atoms with Crippen LogP contribution < -0.4 is 10.2 Å². The fourth-order valence-electron chi connectivity index (χ4n) is 2.45. The van der Waals surface area contributed by atoms with Crippen molar-refractivity contribution in [1.82, 2.24) is 5.32 Å². The lowest BCUT2D eigenvalue weighted by Crippen LogP contribution is -2.59. The Morgan fingerprint density at radius 3 is 2.48 bits per heavy atom. The summed E-state index contributed by atoms with van der Waals surface area (Å²) in [7, 11) is 1.38. The molecule has 1 saturated carbocycles. The van der Waals surface area contributed by atoms with E-state index in [1.165, 1.54) is 19.2 Å². The fourth-order valence-corrected chi connectivity index (χ4v) is 2.45. The van der Waals surface area contributed by atoms with Gasteiger partial charge in [0.25, 0.3) is 5.91 Å². The number of carbonyl (C=O) groups is 3. The largest absolute Gasteiger partial charge is 0.479 e. The molecule has 0 atom stereocenters. The van der Waals surface area contributed by atoms with E-state index in [-0.39, 0.29) is 11.3 Å². The fraction of sp³-hybridized carbons (Fsp3) is 0.357. The lowest BCUT2D eigenvalue weighted by Gasteiger charge is -2.44. The molecule has 2 N–H and O–H groups in total. The zero-order chi connectivity index (χ0) is 15.6. The summed E-state index contributed by atoms with van der Waals surface area (Å²) in [5.74, 6) is -2.51. The molecule has 0 aromatic heterocycles. The van der Waals surface area contributed by atoms with Crippen LogP contribution in [0, 0.1) is 5.82 Å². The average Bonchev–Trinajstić information content (AvgIpc) is 2.41. The molecule has 1 fully saturated rings. The normalized spacial score (nSPS) is 15.7. The summed E-state index contributed by atoms with van der Waals surface area (Å²) in [5, 5.41) is 11.6. The topological polar surface area (TPSA) is 86.7 Å². The lowest BCUT2D eigenvalue weighted by molar-refractivity contribution is -0.147. The minimum Gasteiger partial charge on any atom is -0.479 e. The third kappa shape index (κ3) is 2.35. The Kier molecular flexibility index (Phi) is 3.93. The first-order valence-corrected chi connectivity index (χ1v) is 6.46. The van der Waals surface area contributed by atoms with Gasteiger partial charge in [0.1, 0.15) is 11.4 Å². The molecule has 0 radical (unpaired) electrons. The van der Waals surface area contributed by atoms with Crippen molar-refractivity contribution in [1.29, 1.82) is 0 Å². The molecule has 0 saturated heterocycles. The van der Waals surface area contributed by atoms with Crippen molar-refractivity contribution in [2.75, 3.05) is 11.9 Å². The third-order valence-electron chi connectivity index (χ3n) is 3.85. The van der Waals surface area contributed by atoms with Crippen molar-refractivity contribution < 1.29 is 23.9 Å². The summed E-state index contributed by atoms with van der Waals surface area (Å²) in [4.78, 5) is 35.2. The summed E-state index contributed by atoms with van der Waals surface area (Å²) >= 11 is 0. The SMILES string of the molecule is CNC(=O)c1ccc(N(C=O)C2(C(=O)O)CCC2)cc1F. The van der Waals surface area contributed by atoms with E-state index in [0.717, 1.165) is 11.0 Å². The molecule has 0 unspecified atom stereocenters. The molecule has 1 aromatic carbocycles. The quantitative estimate of drug-likeness (QED) is 0.798. The van der Waals surface area contributed by atoms with Crippen molar-refractivity contribution in [3.05, 3.63) is 29.6 Å². The number of rotatable bonds is 5. The Bertz CT molecular complexity index is 599. The zero-order valence-electron chi connectivity index (χ0n) is 11.4. The highest BCUT2D eigenvalue weighted by Crippen LogP contribution is 2.40. The second-order valence-electron chi connectivity index (χ2n) is 4.91. The summed E-state index contributed by atoms with van der Waals surface area (Å²) < 4.78 is 13.9. The molecule has 112 valence electrons. The lowest BCUT2D eigenvalue weighted by atomic mass is 9.75. The number of benzene rings is 1. The number of aliphatic carboxylic acids is 1. The van der Waals surface area contributed by atoms with Crippen LogP contribution in [-0.2, 0) is 9.59 Å². The number of carboxylic acids is 1. The number of carbonyl (C=O) groups excluding carboxylic acids is 2. The van der Waals surface area contributed by atoms with Crippen LogP contribution in [0.15, 0.2) is 18.2 Å². The molecule has 7 heteroatoms. The van der Waals surface area contributed by atoms with Gasteiger partial charge in [-0.2, -0.15) is 0 Å². The Balaban J connectivity index is 2.40. The van der Waals surface area contributed by atoms with Gasteiger partial charge in [-0.1, -0.05) is 0 Å². The second kappa shape index (κ2) is 5.51. The predicted octanol–water partition coefficient (Wildman–Crippen LogP) is 1.16. The molecule has 21 heavy (non-hydrogen) atoms. The van der Waals surface area contributed by atoms with Crippen LogP contribution in [0.2, 0.25) is 0 Å². The summed E-state index contributed by atoms with van der Waals surface area (Å²) in [6.45, 7) is 0. The molecule has 1 aromatic rings. The second-order valence-corrected chi connectivity index (χ2v) is 4.91. The van der Waals surface area contributed by atoms with E-state index in [2.05, 4.69) is 5.32 Å². The minimum atomic E-state index is -1.32. The molecule has 0 spiro atoms. The van der Waals surface area contributed by atoms with Gasteiger partial charge < -0.3 is 10.4 Å². The maximum absolute atomic E-state index is 13.9. The van der Waals surface area contributed by atoms with E-state index in [1.54, 1.807) is 0 Å². The van der Waals surface area contributed by atoms with Crippen LogP contribution in [0.3, 0.4) is 0 Å². The van der Waals surface area contributed by atoms with Gasteiger partial charge in [-0.25, -0.2) is 9.18 Å². The first kappa shape index (κ1) is 15.0. The van der Waals surface area contributed by atoms with Crippen molar-refractivity contribution in [2.45, 2.75) is 24.8 Å². The van der Waals surface area contributed by atoms with Crippen molar-refractivity contribution in [3.63, 3.8) is 0 Å².